The summed E-state index contributed by atoms with van der Waals surface area (Å²) in [6, 6.07) is 8.38. The van der Waals surface area contributed by atoms with Gasteiger partial charge in [0, 0.05) is 27.6 Å². The molecule has 0 unspecified atom stereocenters. The number of benzene rings is 1. The summed E-state index contributed by atoms with van der Waals surface area (Å²) in [5, 5.41) is 16.5. The van der Waals surface area contributed by atoms with Crippen molar-refractivity contribution in [3.8, 4) is 0 Å². The molecule has 0 radical (unpaired) electrons. The van der Waals surface area contributed by atoms with E-state index in [0.717, 1.165) is 28.9 Å². The number of rotatable bonds is 2. The molecule has 0 atom stereocenters. The number of hydrogen-bond donors (Lipinski definition) is 1. The van der Waals surface area contributed by atoms with Crippen molar-refractivity contribution in [1.82, 2.24) is 4.90 Å². The van der Waals surface area contributed by atoms with Gasteiger partial charge in [-0.15, -0.1) is 11.3 Å². The maximum Gasteiger partial charge on any atom is 0.168 e. The molecule has 0 saturated carbocycles. The molecular formula is C14H11N3OS2. The number of amidine groups is 1. The Hall–Kier alpha value is -1.79. The van der Waals surface area contributed by atoms with Crippen LogP contribution in [0.15, 0.2) is 44.7 Å². The van der Waals surface area contributed by atoms with E-state index < -0.39 is 0 Å². The number of hydrogen-bond acceptors (Lipinski definition) is 6. The van der Waals surface area contributed by atoms with E-state index in [4.69, 9.17) is 5.21 Å². The van der Waals surface area contributed by atoms with Gasteiger partial charge in [0.2, 0.25) is 0 Å². The van der Waals surface area contributed by atoms with Crippen LogP contribution in [0.3, 0.4) is 0 Å². The molecule has 2 aliphatic heterocycles. The first-order chi connectivity index (χ1) is 9.88. The van der Waals surface area contributed by atoms with Crippen LogP contribution >= 0.6 is 23.1 Å². The molecule has 0 saturated heterocycles. The summed E-state index contributed by atoms with van der Waals surface area (Å²) in [5.74, 6) is 0. The van der Waals surface area contributed by atoms with E-state index in [0.29, 0.717) is 0 Å². The maximum absolute atomic E-state index is 8.88. The van der Waals surface area contributed by atoms with E-state index in [-0.39, 0.29) is 0 Å². The van der Waals surface area contributed by atoms with E-state index in [1.54, 1.807) is 23.1 Å². The Labute approximate surface area is 124 Å². The van der Waals surface area contributed by atoms with Gasteiger partial charge in [0.25, 0.3) is 0 Å². The number of fused-ring (bicyclic) bond motifs is 2. The van der Waals surface area contributed by atoms with E-state index in [1.165, 1.54) is 21.9 Å². The molecular weight excluding hydrogens is 290 g/mol. The van der Waals surface area contributed by atoms with Crippen LogP contribution in [0.4, 0.5) is 0 Å². The summed E-state index contributed by atoms with van der Waals surface area (Å²) in [4.78, 5) is 7.67. The second-order valence-corrected chi connectivity index (χ2v) is 6.44. The lowest BCUT2D eigenvalue weighted by Gasteiger charge is -2.16. The average Bonchev–Trinajstić information content (AvgIpc) is 3.13. The maximum atomic E-state index is 8.88. The largest absolute Gasteiger partial charge is 0.411 e. The molecule has 0 bridgehead atoms. The summed E-state index contributed by atoms with van der Waals surface area (Å²) >= 11 is 3.31. The van der Waals surface area contributed by atoms with Crippen LogP contribution in [-0.2, 0) is 0 Å². The van der Waals surface area contributed by atoms with E-state index in [2.05, 4.69) is 44.7 Å². The van der Waals surface area contributed by atoms with Crippen molar-refractivity contribution in [3.63, 3.8) is 0 Å². The second-order valence-electron chi connectivity index (χ2n) is 4.52. The zero-order chi connectivity index (χ0) is 13.5. The van der Waals surface area contributed by atoms with Crippen LogP contribution in [0.25, 0.3) is 15.8 Å². The quantitative estimate of drug-likeness (QED) is 0.525. The molecule has 4 nitrogen and oxygen atoms in total. The Morgan fingerprint density at radius 3 is 3.15 bits per heavy atom. The Morgan fingerprint density at radius 1 is 1.35 bits per heavy atom. The molecule has 3 heterocycles. The third kappa shape index (κ3) is 1.68. The van der Waals surface area contributed by atoms with Crippen LogP contribution < -0.4 is 0 Å². The fraction of sp³-hybridized carbons (Fsp3) is 0.143. The first-order valence-electron chi connectivity index (χ1n) is 6.26. The fourth-order valence-electron chi connectivity index (χ4n) is 2.58. The first-order valence-corrected chi connectivity index (χ1v) is 7.96. The van der Waals surface area contributed by atoms with Gasteiger partial charge in [-0.2, -0.15) is 0 Å². The third-order valence-corrected chi connectivity index (χ3v) is 5.43. The normalized spacial score (nSPS) is 18.4. The average molecular weight is 301 g/mol. The van der Waals surface area contributed by atoms with Crippen LogP contribution in [-0.4, -0.2) is 34.6 Å². The summed E-state index contributed by atoms with van der Waals surface area (Å²) in [6.45, 7) is 1.72. The molecule has 0 fully saturated rings. The highest BCUT2D eigenvalue weighted by Gasteiger charge is 2.33. The standard InChI is InChI=1S/C14H11N3OS2/c18-16-7-12-13(17-6-5-15-14(17)20-12)10-8-19-11-4-2-1-3-9(10)11/h1-4,7-8,18H,5-6H2. The number of thiophene rings is 1. The number of nitrogens with zero attached hydrogens (tertiary/aromatic N) is 3. The molecule has 6 heteroatoms. The van der Waals surface area contributed by atoms with Gasteiger partial charge in [-0.05, 0) is 17.8 Å². The van der Waals surface area contributed by atoms with Crippen LogP contribution in [0.2, 0.25) is 0 Å². The minimum Gasteiger partial charge on any atom is -0.411 e. The van der Waals surface area contributed by atoms with Gasteiger partial charge in [0.1, 0.15) is 0 Å². The van der Waals surface area contributed by atoms with Crippen molar-refractivity contribution in [2.45, 2.75) is 0 Å². The third-order valence-electron chi connectivity index (χ3n) is 3.42. The molecule has 4 rings (SSSR count). The number of thioether (sulfide) groups is 1. The molecule has 0 aliphatic carbocycles. The predicted molar refractivity (Wildman–Crippen MR) is 85.6 cm³/mol. The van der Waals surface area contributed by atoms with Crippen molar-refractivity contribution in [3.05, 3.63) is 40.1 Å². The zero-order valence-corrected chi connectivity index (χ0v) is 12.1. The van der Waals surface area contributed by atoms with Crippen molar-refractivity contribution in [2.24, 2.45) is 10.1 Å². The summed E-state index contributed by atoms with van der Waals surface area (Å²) in [5.41, 5.74) is 2.31. The van der Waals surface area contributed by atoms with Crippen LogP contribution in [0.1, 0.15) is 5.56 Å². The zero-order valence-electron chi connectivity index (χ0n) is 10.5. The molecule has 0 amide bonds. The molecule has 2 aliphatic rings. The predicted octanol–water partition coefficient (Wildman–Crippen LogP) is 3.45. The monoisotopic (exact) mass is 301 g/mol. The smallest absolute Gasteiger partial charge is 0.168 e. The lowest BCUT2D eigenvalue weighted by Crippen LogP contribution is -2.19. The van der Waals surface area contributed by atoms with Gasteiger partial charge in [-0.25, -0.2) is 0 Å². The molecule has 1 N–H and O–H groups in total. The number of oxime groups is 1. The fourth-order valence-corrected chi connectivity index (χ4v) is 4.59. The van der Waals surface area contributed by atoms with E-state index in [1.807, 2.05) is 0 Å². The highest BCUT2D eigenvalue weighted by Crippen LogP contribution is 2.44. The Kier molecular flexibility index (Phi) is 2.78. The van der Waals surface area contributed by atoms with Crippen molar-refractivity contribution < 1.29 is 5.21 Å². The number of aliphatic imine (C=N–C) groups is 1. The highest BCUT2D eigenvalue weighted by molar-refractivity contribution is 8.18. The first kappa shape index (κ1) is 12.0. The van der Waals surface area contributed by atoms with E-state index in [9.17, 15) is 0 Å². The minimum absolute atomic E-state index is 0.831. The van der Waals surface area contributed by atoms with E-state index >= 15 is 0 Å². The molecule has 20 heavy (non-hydrogen) atoms. The van der Waals surface area contributed by atoms with Crippen LogP contribution in [0.5, 0.6) is 0 Å². The lowest BCUT2D eigenvalue weighted by atomic mass is 10.1. The van der Waals surface area contributed by atoms with Gasteiger partial charge in [0.05, 0.1) is 23.4 Å². The highest BCUT2D eigenvalue weighted by atomic mass is 32.2. The van der Waals surface area contributed by atoms with Gasteiger partial charge < -0.3 is 10.1 Å². The Balaban J connectivity index is 1.94. The van der Waals surface area contributed by atoms with Crippen molar-refractivity contribution >= 4 is 50.3 Å². The molecule has 0 spiro atoms. The van der Waals surface area contributed by atoms with Crippen molar-refractivity contribution in [1.29, 1.82) is 0 Å². The number of allylic oxidation sites excluding steroid dienone is 1. The van der Waals surface area contributed by atoms with Gasteiger partial charge in [-0.1, -0.05) is 23.4 Å². The second kappa shape index (κ2) is 4.64. The lowest BCUT2D eigenvalue weighted by molar-refractivity contribution is 0.322. The van der Waals surface area contributed by atoms with Gasteiger partial charge in [-0.3, -0.25) is 4.99 Å². The summed E-state index contributed by atoms with van der Waals surface area (Å²) in [6.07, 6.45) is 1.51. The Bertz CT molecular complexity index is 776. The Morgan fingerprint density at radius 2 is 2.25 bits per heavy atom. The molecule has 1 aromatic carbocycles. The summed E-state index contributed by atoms with van der Waals surface area (Å²) in [7, 11) is 0. The minimum atomic E-state index is 0.831. The molecule has 1 aromatic heterocycles. The topological polar surface area (TPSA) is 48.2 Å². The SMILES string of the molecule is ON=CC1=C(c2csc3ccccc23)N2CCN=C2S1. The van der Waals surface area contributed by atoms with Gasteiger partial charge >= 0.3 is 0 Å². The summed E-state index contributed by atoms with van der Waals surface area (Å²) < 4.78 is 1.27. The van der Waals surface area contributed by atoms with Gasteiger partial charge in [0.15, 0.2) is 5.17 Å². The molecule has 100 valence electrons. The van der Waals surface area contributed by atoms with Crippen LogP contribution in [0, 0.1) is 0 Å². The van der Waals surface area contributed by atoms with Crippen molar-refractivity contribution in [2.75, 3.05) is 13.1 Å². The molecule has 2 aromatic rings.